The molecule has 2 saturated heterocycles. The number of esters is 2. The minimum Gasteiger partial charge on any atom is -0.465 e. The molecule has 56 heavy (non-hydrogen) atoms. The van der Waals surface area contributed by atoms with Crippen molar-refractivity contribution in [3.8, 4) is 0 Å². The second kappa shape index (κ2) is 18.0. The van der Waals surface area contributed by atoms with Crippen LogP contribution in [0.25, 0.3) is 0 Å². The number of nitrogens with one attached hydrogen (secondary N) is 2. The van der Waals surface area contributed by atoms with Gasteiger partial charge in [0.2, 0.25) is 11.8 Å². The average Bonchev–Trinajstić information content (AvgIpc) is 3.71. The Balaban J connectivity index is 1.59. The quantitative estimate of drug-likeness (QED) is 0.0986. The molecule has 2 fully saturated rings. The van der Waals surface area contributed by atoms with Gasteiger partial charge in [-0.15, -0.1) is 0 Å². The van der Waals surface area contributed by atoms with E-state index in [1.807, 2.05) is 76.2 Å². The Morgan fingerprint density at radius 1 is 0.554 bits per heavy atom. The zero-order valence-electron chi connectivity index (χ0n) is 32.0. The lowest BCUT2D eigenvalue weighted by atomic mass is 9.81. The second-order valence-corrected chi connectivity index (χ2v) is 14.4. The number of anilines is 2. The molecule has 10 nitrogen and oxygen atoms in total. The largest absolute Gasteiger partial charge is 0.465 e. The second-order valence-electron chi connectivity index (χ2n) is 14.4. The molecule has 294 valence electrons. The number of halogens is 2. The first kappa shape index (κ1) is 40.2. The van der Waals surface area contributed by atoms with Gasteiger partial charge >= 0.3 is 11.9 Å². The number of carbonyl (C=O) groups excluding carboxylic acids is 4. The number of ether oxygens (including phenoxy) is 2. The van der Waals surface area contributed by atoms with E-state index in [0.717, 1.165) is 24.0 Å². The number of unbranched alkanes of at least 4 members (excludes halogenated alkanes) is 2. The molecule has 0 saturated carbocycles. The number of benzene rings is 4. The standard InChI is InChI=1S/C44H48F2N4O6/c1-5-7-25-55-43(53)36-38(30-15-11-28(4)12-16-30)50-40(44(54)56-26-8-6-2)35(41(51)47-33-21-17-31(45)18-22-33)37(29-13-9-27(3)10-14-29)49(50)39(36)42(52)48-34-23-19-32(46)20-24-34/h9-24,35-40H,5-8,25-26H2,1-4H3,(H,47,51)(H,48,52)/t35-,36-,37+,38+,39+,40+/m0/s1. The predicted molar refractivity (Wildman–Crippen MR) is 208 cm³/mol. The van der Waals surface area contributed by atoms with Crippen LogP contribution >= 0.6 is 0 Å². The predicted octanol–water partition coefficient (Wildman–Crippen LogP) is 7.84. The summed E-state index contributed by atoms with van der Waals surface area (Å²) in [6, 6.07) is 20.8. The summed E-state index contributed by atoms with van der Waals surface area (Å²) in [7, 11) is 0. The van der Waals surface area contributed by atoms with Crippen molar-refractivity contribution < 1.29 is 37.4 Å². The molecule has 0 aromatic heterocycles. The SMILES string of the molecule is CCCCOC(=O)[C@H]1[C@@H](c2ccc(C)cc2)N2[C@@H](C(=O)OCCCC)[C@@H](C(=O)Nc3ccc(F)cc3)[C@@H](c3ccc(C)cc3)N2[C@H]1C(=O)Nc1ccc(F)cc1. The highest BCUT2D eigenvalue weighted by Crippen LogP contribution is 2.56. The Hall–Kier alpha value is -5.46. The van der Waals surface area contributed by atoms with Crippen LogP contribution in [0.1, 0.15) is 73.9 Å². The van der Waals surface area contributed by atoms with E-state index >= 15 is 0 Å². The van der Waals surface area contributed by atoms with Gasteiger partial charge < -0.3 is 20.1 Å². The lowest BCUT2D eigenvalue weighted by molar-refractivity contribution is -0.158. The van der Waals surface area contributed by atoms with Crippen molar-refractivity contribution in [3.63, 3.8) is 0 Å². The number of amides is 2. The molecule has 4 aromatic rings. The number of hydrazine groups is 1. The van der Waals surface area contributed by atoms with Crippen LogP contribution in [0.2, 0.25) is 0 Å². The van der Waals surface area contributed by atoms with Crippen LogP contribution in [-0.4, -0.2) is 59.1 Å². The Bertz CT molecular complexity index is 1990. The smallest absolute Gasteiger partial charge is 0.325 e. The van der Waals surface area contributed by atoms with E-state index in [9.17, 15) is 28.0 Å². The fraction of sp³-hybridized carbons (Fsp3) is 0.364. The summed E-state index contributed by atoms with van der Waals surface area (Å²) in [5.74, 6) is -5.93. The van der Waals surface area contributed by atoms with E-state index in [2.05, 4.69) is 10.6 Å². The number of carbonyl (C=O) groups is 4. The van der Waals surface area contributed by atoms with Crippen molar-refractivity contribution >= 4 is 35.1 Å². The lowest BCUT2D eigenvalue weighted by Crippen LogP contribution is -2.48. The molecule has 0 aliphatic carbocycles. The molecule has 0 unspecified atom stereocenters. The van der Waals surface area contributed by atoms with E-state index < -0.39 is 71.4 Å². The third kappa shape index (κ3) is 8.66. The van der Waals surface area contributed by atoms with E-state index in [-0.39, 0.29) is 18.9 Å². The molecule has 4 aromatic carbocycles. The summed E-state index contributed by atoms with van der Waals surface area (Å²) in [6.07, 6.45) is 2.68. The Morgan fingerprint density at radius 3 is 1.43 bits per heavy atom. The van der Waals surface area contributed by atoms with E-state index in [1.54, 1.807) is 10.0 Å². The lowest BCUT2D eigenvalue weighted by Gasteiger charge is -2.33. The molecule has 12 heteroatoms. The van der Waals surface area contributed by atoms with Crippen molar-refractivity contribution in [1.82, 2.24) is 10.0 Å². The highest BCUT2D eigenvalue weighted by Gasteiger charge is 2.68. The van der Waals surface area contributed by atoms with E-state index in [4.69, 9.17) is 9.47 Å². The van der Waals surface area contributed by atoms with Gasteiger partial charge in [0.1, 0.15) is 29.6 Å². The summed E-state index contributed by atoms with van der Waals surface area (Å²) in [6.45, 7) is 7.98. The van der Waals surface area contributed by atoms with Crippen LogP contribution in [-0.2, 0) is 28.7 Å². The van der Waals surface area contributed by atoms with Crippen LogP contribution in [0.15, 0.2) is 97.1 Å². The Morgan fingerprint density at radius 2 is 0.964 bits per heavy atom. The normalized spacial score (nSPS) is 22.0. The first-order valence-electron chi connectivity index (χ1n) is 19.2. The molecular formula is C44H48F2N4O6. The summed E-state index contributed by atoms with van der Waals surface area (Å²) in [4.78, 5) is 58.9. The van der Waals surface area contributed by atoms with Gasteiger partial charge in [-0.05, 0) is 86.3 Å². The fourth-order valence-electron chi connectivity index (χ4n) is 7.58. The maximum atomic E-state index is 14.9. The monoisotopic (exact) mass is 766 g/mol. The third-order valence-corrected chi connectivity index (χ3v) is 10.4. The molecule has 2 N–H and O–H groups in total. The van der Waals surface area contributed by atoms with Crippen LogP contribution in [0, 0.1) is 37.3 Å². The number of nitrogens with zero attached hydrogens (tertiary/aromatic N) is 2. The van der Waals surface area contributed by atoms with Gasteiger partial charge in [0.25, 0.3) is 0 Å². The summed E-state index contributed by atoms with van der Waals surface area (Å²) < 4.78 is 39.8. The van der Waals surface area contributed by atoms with Crippen LogP contribution in [0.5, 0.6) is 0 Å². The van der Waals surface area contributed by atoms with Crippen molar-refractivity contribution in [2.24, 2.45) is 11.8 Å². The van der Waals surface area contributed by atoms with Crippen LogP contribution < -0.4 is 10.6 Å². The minimum atomic E-state index is -1.33. The van der Waals surface area contributed by atoms with Crippen LogP contribution in [0.4, 0.5) is 20.2 Å². The molecule has 6 rings (SSSR count). The van der Waals surface area contributed by atoms with Gasteiger partial charge in [-0.3, -0.25) is 19.2 Å². The van der Waals surface area contributed by atoms with Gasteiger partial charge in [0.05, 0.1) is 31.2 Å². The Kier molecular flexibility index (Phi) is 12.9. The molecule has 2 amide bonds. The molecule has 6 atom stereocenters. The van der Waals surface area contributed by atoms with E-state index in [1.165, 1.54) is 48.5 Å². The van der Waals surface area contributed by atoms with Gasteiger partial charge in [0, 0.05) is 11.4 Å². The number of hydrogen-bond donors (Lipinski definition) is 2. The maximum absolute atomic E-state index is 14.9. The summed E-state index contributed by atoms with van der Waals surface area (Å²) >= 11 is 0. The maximum Gasteiger partial charge on any atom is 0.325 e. The highest BCUT2D eigenvalue weighted by atomic mass is 19.1. The molecule has 2 aliphatic heterocycles. The van der Waals surface area contributed by atoms with Gasteiger partial charge in [-0.1, -0.05) is 86.3 Å². The summed E-state index contributed by atoms with van der Waals surface area (Å²) in [5, 5.41) is 9.13. The van der Waals surface area contributed by atoms with E-state index in [0.29, 0.717) is 29.7 Å². The first-order valence-corrected chi connectivity index (χ1v) is 19.2. The van der Waals surface area contributed by atoms with Crippen molar-refractivity contribution in [1.29, 1.82) is 0 Å². The zero-order chi connectivity index (χ0) is 39.9. The average molecular weight is 767 g/mol. The third-order valence-electron chi connectivity index (χ3n) is 10.4. The van der Waals surface area contributed by atoms with Gasteiger partial charge in [-0.25, -0.2) is 18.8 Å². The zero-order valence-corrected chi connectivity index (χ0v) is 32.0. The molecule has 0 bridgehead atoms. The van der Waals surface area contributed by atoms with Gasteiger partial charge in [-0.2, -0.15) is 0 Å². The Labute approximate surface area is 326 Å². The highest BCUT2D eigenvalue weighted by molar-refractivity contribution is 6.01. The molecule has 0 spiro atoms. The molecule has 2 heterocycles. The topological polar surface area (TPSA) is 117 Å². The summed E-state index contributed by atoms with van der Waals surface area (Å²) in [5.41, 5.74) is 3.69. The number of aryl methyl sites for hydroxylation is 2. The minimum absolute atomic E-state index is 0.0906. The first-order chi connectivity index (χ1) is 27.0. The molecular weight excluding hydrogens is 719 g/mol. The van der Waals surface area contributed by atoms with Crippen LogP contribution in [0.3, 0.4) is 0 Å². The fourth-order valence-corrected chi connectivity index (χ4v) is 7.58. The number of hydrogen-bond acceptors (Lipinski definition) is 8. The van der Waals surface area contributed by atoms with Crippen molar-refractivity contribution in [2.75, 3.05) is 23.8 Å². The number of fused-ring (bicyclic) bond motifs is 1. The molecule has 2 aliphatic rings. The van der Waals surface area contributed by atoms with Crippen molar-refractivity contribution in [3.05, 3.63) is 131 Å². The van der Waals surface area contributed by atoms with Gasteiger partial charge in [0.15, 0.2) is 0 Å². The van der Waals surface area contributed by atoms with Crippen molar-refractivity contribution in [2.45, 2.75) is 77.5 Å². The molecule has 0 radical (unpaired) electrons. The number of rotatable bonds is 14.